The van der Waals surface area contributed by atoms with Gasteiger partial charge in [-0.25, -0.2) is 0 Å². The molecule has 3 nitrogen and oxygen atoms in total. The molecule has 4 N–H and O–H groups in total. The first-order valence-corrected chi connectivity index (χ1v) is 9.85. The molecule has 0 unspecified atom stereocenters. The molecule has 3 aromatic rings. The minimum absolute atomic E-state index is 0. The molecule has 6 heteroatoms. The van der Waals surface area contributed by atoms with Crippen molar-refractivity contribution >= 4 is 58.8 Å². The predicted molar refractivity (Wildman–Crippen MR) is 135 cm³/mol. The van der Waals surface area contributed by atoms with Gasteiger partial charge in [0.1, 0.15) is 0 Å². The van der Waals surface area contributed by atoms with E-state index in [2.05, 4.69) is 59.5 Å². The maximum Gasteiger partial charge on any atom is 0.0246 e. The van der Waals surface area contributed by atoms with Gasteiger partial charge < -0.3 is 11.5 Å². The van der Waals surface area contributed by atoms with Crippen LogP contribution in [0.3, 0.4) is 0 Å². The molecule has 0 saturated heterocycles. The summed E-state index contributed by atoms with van der Waals surface area (Å²) >= 11 is 0. The number of unbranched alkanes of at least 4 members (excludes halogenated alkanes) is 2. The van der Waals surface area contributed by atoms with Gasteiger partial charge in [0.05, 0.1) is 0 Å². The number of nitrogens with zero attached hydrogens (tertiary/aromatic N) is 1. The molecule has 0 fully saturated rings. The number of halogens is 3. The third-order valence-electron chi connectivity index (χ3n) is 5.12. The summed E-state index contributed by atoms with van der Waals surface area (Å²) in [5.74, 6) is 0. The molecule has 0 heterocycles. The Hall–Kier alpha value is -1.07. The molecule has 0 spiro atoms. The normalized spacial score (nSPS) is 10.4. The van der Waals surface area contributed by atoms with E-state index in [4.69, 9.17) is 11.5 Å². The van der Waals surface area contributed by atoms with E-state index in [1.54, 1.807) is 0 Å². The van der Waals surface area contributed by atoms with Crippen LogP contribution in [0, 0.1) is 0 Å². The van der Waals surface area contributed by atoms with Gasteiger partial charge in [0.25, 0.3) is 0 Å². The predicted octanol–water partition coefficient (Wildman–Crippen LogP) is 5.54. The highest BCUT2D eigenvalue weighted by Gasteiger charge is 2.12. The lowest BCUT2D eigenvalue weighted by molar-refractivity contribution is 0.257. The number of hydrogen-bond donors (Lipinski definition) is 2. The van der Waals surface area contributed by atoms with E-state index in [-0.39, 0.29) is 37.2 Å². The Balaban J connectivity index is 0.00000261. The van der Waals surface area contributed by atoms with Crippen LogP contribution in [0.5, 0.6) is 0 Å². The Kier molecular flexibility index (Phi) is 14.3. The van der Waals surface area contributed by atoms with Crippen LogP contribution in [0.15, 0.2) is 54.6 Å². The molecular weight excluding hydrogens is 425 g/mol. The summed E-state index contributed by atoms with van der Waals surface area (Å²) in [6, 6.07) is 19.8. The molecule has 0 radical (unpaired) electrons. The quantitative estimate of drug-likeness (QED) is 0.310. The van der Waals surface area contributed by atoms with E-state index in [1.165, 1.54) is 27.1 Å². The molecule has 0 aliphatic heterocycles. The first-order chi connectivity index (χ1) is 12.8. The second-order valence-corrected chi connectivity index (χ2v) is 7.07. The monoisotopic (exact) mass is 457 g/mol. The summed E-state index contributed by atoms with van der Waals surface area (Å²) in [5.41, 5.74) is 12.8. The SMILES string of the molecule is Cl.Cl.Cl.NCCCCN(CCCCN)Cc1c2ccccc2cc2ccccc12. The summed E-state index contributed by atoms with van der Waals surface area (Å²) in [6.07, 6.45) is 4.48. The Morgan fingerprint density at radius 1 is 0.621 bits per heavy atom. The molecule has 0 saturated carbocycles. The van der Waals surface area contributed by atoms with Gasteiger partial charge in [0.15, 0.2) is 0 Å². The van der Waals surface area contributed by atoms with Crippen molar-refractivity contribution in [2.24, 2.45) is 11.5 Å². The van der Waals surface area contributed by atoms with Gasteiger partial charge in [-0.15, -0.1) is 37.2 Å². The second kappa shape index (κ2) is 14.8. The Morgan fingerprint density at radius 2 is 1.07 bits per heavy atom. The molecule has 0 amide bonds. The highest BCUT2D eigenvalue weighted by molar-refractivity contribution is 6.02. The number of fused-ring (bicyclic) bond motifs is 2. The smallest absolute Gasteiger partial charge is 0.0246 e. The van der Waals surface area contributed by atoms with Gasteiger partial charge in [0, 0.05) is 6.54 Å². The van der Waals surface area contributed by atoms with Crippen molar-refractivity contribution in [3.8, 4) is 0 Å². The lowest BCUT2D eigenvalue weighted by Gasteiger charge is -2.24. The van der Waals surface area contributed by atoms with Crippen molar-refractivity contribution in [2.75, 3.05) is 26.2 Å². The lowest BCUT2D eigenvalue weighted by Crippen LogP contribution is -2.26. The summed E-state index contributed by atoms with van der Waals surface area (Å²) in [7, 11) is 0. The van der Waals surface area contributed by atoms with Gasteiger partial charge >= 0.3 is 0 Å². The number of benzene rings is 3. The molecule has 0 aliphatic rings. The van der Waals surface area contributed by atoms with Gasteiger partial charge in [-0.3, -0.25) is 4.90 Å². The molecular formula is C23H34Cl3N3. The fraction of sp³-hybridized carbons (Fsp3) is 0.391. The minimum Gasteiger partial charge on any atom is -0.330 e. The molecule has 3 rings (SSSR count). The minimum atomic E-state index is 0. The van der Waals surface area contributed by atoms with Crippen molar-refractivity contribution < 1.29 is 0 Å². The maximum atomic E-state index is 5.70. The van der Waals surface area contributed by atoms with E-state index >= 15 is 0 Å². The van der Waals surface area contributed by atoms with E-state index in [9.17, 15) is 0 Å². The third kappa shape index (κ3) is 7.60. The van der Waals surface area contributed by atoms with Crippen molar-refractivity contribution in [1.82, 2.24) is 4.90 Å². The summed E-state index contributed by atoms with van der Waals surface area (Å²) < 4.78 is 0. The van der Waals surface area contributed by atoms with Crippen molar-refractivity contribution in [1.29, 1.82) is 0 Å². The third-order valence-corrected chi connectivity index (χ3v) is 5.12. The fourth-order valence-electron chi connectivity index (χ4n) is 3.73. The van der Waals surface area contributed by atoms with Crippen molar-refractivity contribution in [2.45, 2.75) is 32.2 Å². The fourth-order valence-corrected chi connectivity index (χ4v) is 3.73. The second-order valence-electron chi connectivity index (χ2n) is 7.07. The summed E-state index contributed by atoms with van der Waals surface area (Å²) in [6.45, 7) is 4.72. The van der Waals surface area contributed by atoms with Crippen LogP contribution in [0.25, 0.3) is 21.5 Å². The largest absolute Gasteiger partial charge is 0.330 e. The van der Waals surface area contributed by atoms with Crippen molar-refractivity contribution in [3.63, 3.8) is 0 Å². The van der Waals surface area contributed by atoms with Gasteiger partial charge in [-0.1, -0.05) is 48.5 Å². The van der Waals surface area contributed by atoms with E-state index in [1.807, 2.05) is 0 Å². The van der Waals surface area contributed by atoms with Crippen LogP contribution in [-0.2, 0) is 6.54 Å². The Morgan fingerprint density at radius 3 is 1.52 bits per heavy atom. The average molecular weight is 459 g/mol. The van der Waals surface area contributed by atoms with Crippen molar-refractivity contribution in [3.05, 3.63) is 60.2 Å². The zero-order chi connectivity index (χ0) is 18.2. The van der Waals surface area contributed by atoms with Gasteiger partial charge in [-0.05, 0) is 85.0 Å². The Labute approximate surface area is 193 Å². The molecule has 0 atom stereocenters. The number of nitrogens with two attached hydrogens (primary N) is 2. The highest BCUT2D eigenvalue weighted by atomic mass is 35.5. The van der Waals surface area contributed by atoms with Crippen LogP contribution < -0.4 is 11.5 Å². The van der Waals surface area contributed by atoms with Crippen LogP contribution >= 0.6 is 37.2 Å². The highest BCUT2D eigenvalue weighted by Crippen LogP contribution is 2.29. The summed E-state index contributed by atoms with van der Waals surface area (Å²) in [4.78, 5) is 2.58. The number of rotatable bonds is 10. The van der Waals surface area contributed by atoms with Crippen LogP contribution in [-0.4, -0.2) is 31.1 Å². The van der Waals surface area contributed by atoms with Crippen LogP contribution in [0.1, 0.15) is 31.2 Å². The zero-order valence-corrected chi connectivity index (χ0v) is 19.3. The van der Waals surface area contributed by atoms with E-state index < -0.39 is 0 Å². The molecule has 0 bridgehead atoms. The van der Waals surface area contributed by atoms with Crippen LogP contribution in [0.4, 0.5) is 0 Å². The molecule has 0 aliphatic carbocycles. The molecule has 0 aromatic heterocycles. The van der Waals surface area contributed by atoms with Gasteiger partial charge in [0.2, 0.25) is 0 Å². The molecule has 3 aromatic carbocycles. The lowest BCUT2D eigenvalue weighted by atomic mass is 9.96. The topological polar surface area (TPSA) is 55.3 Å². The van der Waals surface area contributed by atoms with E-state index in [0.29, 0.717) is 0 Å². The molecule has 162 valence electrons. The first kappa shape index (κ1) is 27.9. The Bertz CT molecular complexity index is 778. The van der Waals surface area contributed by atoms with E-state index in [0.717, 1.165) is 58.4 Å². The molecule has 29 heavy (non-hydrogen) atoms. The van der Waals surface area contributed by atoms with Gasteiger partial charge in [-0.2, -0.15) is 0 Å². The average Bonchev–Trinajstić information content (AvgIpc) is 2.68. The maximum absolute atomic E-state index is 5.70. The van der Waals surface area contributed by atoms with Crippen LogP contribution in [0.2, 0.25) is 0 Å². The standard InChI is InChI=1S/C23H31N3.3ClH/c24-13-5-7-15-26(16-8-6-14-25)18-23-21-11-3-1-9-19(21)17-20-10-2-4-12-22(20)23;;;/h1-4,9-12,17H,5-8,13-16,18,24-25H2;3*1H. The summed E-state index contributed by atoms with van der Waals surface area (Å²) in [5, 5.41) is 5.39. The first-order valence-electron chi connectivity index (χ1n) is 9.85. The number of hydrogen-bond acceptors (Lipinski definition) is 3. The zero-order valence-electron chi connectivity index (χ0n) is 16.9.